The molecule has 52 heavy (non-hydrogen) atoms. The van der Waals surface area contributed by atoms with Gasteiger partial charge in [-0.15, -0.1) is 0 Å². The van der Waals surface area contributed by atoms with Crippen LogP contribution in [0.25, 0.3) is 22.3 Å². The molecule has 5 rings (SSSR count). The van der Waals surface area contributed by atoms with Crippen LogP contribution in [-0.4, -0.2) is 74.7 Å². The number of fused-ring (bicyclic) bond motifs is 2. The molecule has 0 atom stereocenters. The zero-order chi connectivity index (χ0) is 37.5. The molecule has 5 aromatic rings. The molecule has 0 aliphatic rings. The van der Waals surface area contributed by atoms with Crippen LogP contribution in [-0.2, 0) is 30.8 Å². The molecule has 0 aromatic carbocycles. The normalized spacial score (nSPS) is 12.2. The van der Waals surface area contributed by atoms with Gasteiger partial charge < -0.3 is 17.2 Å². The van der Waals surface area contributed by atoms with Gasteiger partial charge in [0.15, 0.2) is 11.3 Å². The third-order valence-corrected chi connectivity index (χ3v) is 7.95. The number of aromatic nitrogens is 8. The largest absolute Gasteiger partial charge is 0.402 e. The number of nitrogens with zero attached hydrogens (tertiary/aromatic N) is 9. The lowest BCUT2D eigenvalue weighted by molar-refractivity contribution is -0.110. The molecule has 18 heteroatoms. The van der Waals surface area contributed by atoms with E-state index in [1.54, 1.807) is 39.0 Å². The maximum atomic E-state index is 13.5. The van der Waals surface area contributed by atoms with Crippen LogP contribution in [0.15, 0.2) is 59.5 Å². The summed E-state index contributed by atoms with van der Waals surface area (Å²) in [6.45, 7) is 8.71. The Hall–Kier alpha value is -6.72. The maximum absolute atomic E-state index is 13.5. The van der Waals surface area contributed by atoms with Gasteiger partial charge >= 0.3 is 0 Å². The number of carbonyl (C=O) groups is 4. The van der Waals surface area contributed by atoms with Gasteiger partial charge in [0.25, 0.3) is 11.8 Å². The van der Waals surface area contributed by atoms with E-state index in [1.807, 2.05) is 20.8 Å². The molecule has 5 heterocycles. The molecule has 0 unspecified atom stereocenters. The highest BCUT2D eigenvalue weighted by molar-refractivity contribution is 6.47. The number of amides is 4. The standard InChI is InChI=1S/C34H40N14O4/c1-5-21(35)15-25(38-7-3)31(51)43-33-41-23-13-19(27(36)49)17-39-29(23)46(33)11-9-10-12-47-30-24(14-20(18-40-30)28(37)50)42-34(47)44-32(52)26-16-22(6-2)45-48(26)8-4/h9-10,13-18H,5-8,11-12,35H2,1-4H3,(H2,36,49)(H2,37,50)(H,41,43,51)(H,42,44,52)/b10-9+,21-15-,38-25?. The number of imidazole rings is 2. The maximum Gasteiger partial charge on any atom is 0.276 e. The molecule has 4 amide bonds. The minimum absolute atomic E-state index is 0.128. The van der Waals surface area contributed by atoms with Crippen molar-refractivity contribution in [3.8, 4) is 0 Å². The van der Waals surface area contributed by atoms with E-state index in [4.69, 9.17) is 17.2 Å². The van der Waals surface area contributed by atoms with Gasteiger partial charge in [-0.2, -0.15) is 5.10 Å². The summed E-state index contributed by atoms with van der Waals surface area (Å²) < 4.78 is 4.93. The number of hydrogen-bond donors (Lipinski definition) is 5. The topological polar surface area (TPSA) is 262 Å². The lowest BCUT2D eigenvalue weighted by Gasteiger charge is -2.10. The van der Waals surface area contributed by atoms with E-state index in [-0.39, 0.29) is 41.8 Å². The summed E-state index contributed by atoms with van der Waals surface area (Å²) >= 11 is 0. The van der Waals surface area contributed by atoms with Crippen molar-refractivity contribution in [1.82, 2.24) is 38.9 Å². The number of anilines is 2. The Balaban J connectivity index is 1.48. The van der Waals surface area contributed by atoms with Gasteiger partial charge in [0.1, 0.15) is 22.4 Å². The van der Waals surface area contributed by atoms with Crippen molar-refractivity contribution < 1.29 is 19.2 Å². The van der Waals surface area contributed by atoms with Crippen LogP contribution in [0.1, 0.15) is 71.0 Å². The van der Waals surface area contributed by atoms with Crippen LogP contribution in [0, 0.1) is 0 Å². The van der Waals surface area contributed by atoms with Crippen molar-refractivity contribution in [1.29, 1.82) is 0 Å². The molecule has 0 aliphatic carbocycles. The quantitative estimate of drug-likeness (QED) is 0.0783. The Morgan fingerprint density at radius 2 is 1.37 bits per heavy atom. The summed E-state index contributed by atoms with van der Waals surface area (Å²) in [5, 5.41) is 10.1. The number of carbonyl (C=O) groups excluding carboxylic acids is 4. The second-order valence-electron chi connectivity index (χ2n) is 11.5. The predicted octanol–water partition coefficient (Wildman–Crippen LogP) is 2.31. The monoisotopic (exact) mass is 708 g/mol. The second kappa shape index (κ2) is 15.9. The minimum Gasteiger partial charge on any atom is -0.402 e. The van der Waals surface area contributed by atoms with Gasteiger partial charge in [0, 0.05) is 44.3 Å². The van der Waals surface area contributed by atoms with Gasteiger partial charge in [-0.25, -0.2) is 19.9 Å². The van der Waals surface area contributed by atoms with Crippen LogP contribution in [0.4, 0.5) is 11.9 Å². The second-order valence-corrected chi connectivity index (χ2v) is 11.5. The number of allylic oxidation sites excluding steroid dienone is 3. The van der Waals surface area contributed by atoms with E-state index in [0.717, 1.165) is 5.69 Å². The molecule has 0 bridgehead atoms. The molecule has 270 valence electrons. The molecule has 0 saturated carbocycles. The molecule has 0 saturated heterocycles. The van der Waals surface area contributed by atoms with Crippen molar-refractivity contribution in [3.05, 3.63) is 77.0 Å². The Morgan fingerprint density at radius 1 is 0.808 bits per heavy atom. The van der Waals surface area contributed by atoms with Gasteiger partial charge in [-0.3, -0.25) is 48.6 Å². The first-order valence-corrected chi connectivity index (χ1v) is 16.6. The van der Waals surface area contributed by atoms with Crippen molar-refractivity contribution >= 4 is 63.6 Å². The zero-order valence-corrected chi connectivity index (χ0v) is 29.3. The van der Waals surface area contributed by atoms with E-state index in [1.165, 1.54) is 30.6 Å². The molecular formula is C34H40N14O4. The Labute approximate surface area is 297 Å². The summed E-state index contributed by atoms with van der Waals surface area (Å²) in [5.41, 5.74) is 20.5. The lowest BCUT2D eigenvalue weighted by Crippen LogP contribution is -2.24. The van der Waals surface area contributed by atoms with Gasteiger partial charge in [0.2, 0.25) is 23.7 Å². The number of aryl methyl sites for hydroxylation is 2. The fraction of sp³-hybridized carbons (Fsp3) is 0.294. The number of nitrogens with two attached hydrogens (primary N) is 3. The summed E-state index contributed by atoms with van der Waals surface area (Å²) in [6.07, 6.45) is 8.98. The van der Waals surface area contributed by atoms with Gasteiger partial charge in [-0.05, 0) is 51.0 Å². The average Bonchev–Trinajstić information content (AvgIpc) is 3.81. The molecule has 0 aliphatic heterocycles. The SMILES string of the molecule is CCN=C(/C=C(\N)CC)C(=O)Nc1nc2cc(C(N)=O)cnc2n1C/C=C/Cn1c(NC(=O)c2cc(CC)nn2CC)nc2cc(C(N)=O)cnc21. The summed E-state index contributed by atoms with van der Waals surface area (Å²) in [7, 11) is 0. The van der Waals surface area contributed by atoms with Gasteiger partial charge in [0.05, 0.1) is 16.8 Å². The fourth-order valence-electron chi connectivity index (χ4n) is 5.22. The van der Waals surface area contributed by atoms with Crippen LogP contribution in [0.2, 0.25) is 0 Å². The smallest absolute Gasteiger partial charge is 0.276 e. The van der Waals surface area contributed by atoms with Crippen LogP contribution >= 0.6 is 0 Å². The Bertz CT molecular complexity index is 2270. The third-order valence-electron chi connectivity index (χ3n) is 7.95. The highest BCUT2D eigenvalue weighted by atomic mass is 16.2. The van der Waals surface area contributed by atoms with Crippen LogP contribution in [0.3, 0.4) is 0 Å². The first-order chi connectivity index (χ1) is 25.0. The molecule has 18 nitrogen and oxygen atoms in total. The molecule has 0 fully saturated rings. The first-order valence-electron chi connectivity index (χ1n) is 16.6. The predicted molar refractivity (Wildman–Crippen MR) is 196 cm³/mol. The Kier molecular flexibility index (Phi) is 11.2. The van der Waals surface area contributed by atoms with Crippen molar-refractivity contribution in [2.24, 2.45) is 22.2 Å². The highest BCUT2D eigenvalue weighted by Gasteiger charge is 2.21. The van der Waals surface area contributed by atoms with Crippen molar-refractivity contribution in [2.45, 2.75) is 60.2 Å². The zero-order valence-electron chi connectivity index (χ0n) is 29.3. The molecule has 8 N–H and O–H groups in total. The molecule has 0 radical (unpaired) electrons. The van der Waals surface area contributed by atoms with Crippen LogP contribution < -0.4 is 27.8 Å². The highest BCUT2D eigenvalue weighted by Crippen LogP contribution is 2.22. The van der Waals surface area contributed by atoms with Crippen LogP contribution in [0.5, 0.6) is 0 Å². The summed E-state index contributed by atoms with van der Waals surface area (Å²) in [5.74, 6) is -1.97. The number of aliphatic imine (C=N–C) groups is 1. The van der Waals surface area contributed by atoms with E-state index in [2.05, 4.69) is 40.7 Å². The van der Waals surface area contributed by atoms with E-state index in [9.17, 15) is 19.2 Å². The lowest BCUT2D eigenvalue weighted by atomic mass is 10.2. The fourth-order valence-corrected chi connectivity index (χ4v) is 5.22. The van der Waals surface area contributed by atoms with Crippen molar-refractivity contribution in [3.63, 3.8) is 0 Å². The first kappa shape index (κ1) is 36.6. The van der Waals surface area contributed by atoms with Gasteiger partial charge in [-0.1, -0.05) is 26.0 Å². The Morgan fingerprint density at radius 3 is 1.85 bits per heavy atom. The molecular weight excluding hydrogens is 668 g/mol. The minimum atomic E-state index is -0.677. The van der Waals surface area contributed by atoms with Crippen molar-refractivity contribution in [2.75, 3.05) is 17.2 Å². The number of rotatable bonds is 15. The summed E-state index contributed by atoms with van der Waals surface area (Å²) in [6, 6.07) is 4.72. The molecule has 5 aromatic heterocycles. The third kappa shape index (κ3) is 7.85. The molecule has 0 spiro atoms. The van der Waals surface area contributed by atoms with E-state index in [0.29, 0.717) is 59.6 Å². The number of pyridine rings is 2. The number of nitrogens with one attached hydrogen (secondary N) is 2. The van der Waals surface area contributed by atoms with E-state index >= 15 is 0 Å². The summed E-state index contributed by atoms with van der Waals surface area (Å²) in [4.78, 5) is 72.7. The average molecular weight is 709 g/mol. The number of primary amides is 2. The number of hydrogen-bond acceptors (Lipinski definition) is 11. The van der Waals surface area contributed by atoms with E-state index < -0.39 is 23.6 Å².